The summed E-state index contributed by atoms with van der Waals surface area (Å²) in [7, 11) is 1.61. The first-order valence-electron chi connectivity index (χ1n) is 12.1. The van der Waals surface area contributed by atoms with Crippen LogP contribution in [0.15, 0.2) is 60.4 Å². The lowest BCUT2D eigenvalue weighted by molar-refractivity contribution is -0.140. The number of pyridine rings is 1. The van der Waals surface area contributed by atoms with Crippen molar-refractivity contribution in [1.29, 1.82) is 0 Å². The molecule has 1 unspecified atom stereocenters. The van der Waals surface area contributed by atoms with E-state index in [0.717, 1.165) is 33.6 Å². The van der Waals surface area contributed by atoms with Crippen LogP contribution >= 0.6 is 0 Å². The number of amides is 1. The van der Waals surface area contributed by atoms with Gasteiger partial charge in [-0.3, -0.25) is 14.6 Å². The van der Waals surface area contributed by atoms with Crippen molar-refractivity contribution in [2.24, 2.45) is 0 Å². The zero-order valence-corrected chi connectivity index (χ0v) is 21.6. The molecule has 1 amide bonds. The molecule has 4 rings (SSSR count). The molecule has 1 aliphatic heterocycles. The zero-order valence-electron chi connectivity index (χ0n) is 21.6. The van der Waals surface area contributed by atoms with Gasteiger partial charge in [-0.1, -0.05) is 37.6 Å². The summed E-state index contributed by atoms with van der Waals surface area (Å²) in [5.74, 6) is -0.647. The van der Waals surface area contributed by atoms with Gasteiger partial charge >= 0.3 is 0 Å². The van der Waals surface area contributed by atoms with Crippen LogP contribution in [0.4, 0.5) is 0 Å². The second-order valence-electron chi connectivity index (χ2n) is 9.70. The number of carbonyl (C=O) groups excluding carboxylic acids is 2. The third kappa shape index (κ3) is 4.51. The SMILES string of the molecule is COc1cc(C)c(/C(O)=C2\C(=O)C(=O)N(Cc3cc(C)ccc3C)C2c2ccncc2)cc1C(C)C. The monoisotopic (exact) mass is 484 g/mol. The van der Waals surface area contributed by atoms with Crippen molar-refractivity contribution < 1.29 is 19.4 Å². The van der Waals surface area contributed by atoms with Crippen molar-refractivity contribution in [1.82, 2.24) is 9.88 Å². The molecule has 186 valence electrons. The molecule has 2 heterocycles. The van der Waals surface area contributed by atoms with Gasteiger partial charge in [-0.2, -0.15) is 0 Å². The molecule has 0 radical (unpaired) electrons. The highest BCUT2D eigenvalue weighted by atomic mass is 16.5. The number of aliphatic hydroxyl groups is 1. The molecule has 0 bridgehead atoms. The van der Waals surface area contributed by atoms with E-state index in [1.807, 2.05) is 65.0 Å². The van der Waals surface area contributed by atoms with Gasteiger partial charge in [0.25, 0.3) is 11.7 Å². The van der Waals surface area contributed by atoms with Crippen molar-refractivity contribution in [2.75, 3.05) is 7.11 Å². The van der Waals surface area contributed by atoms with Gasteiger partial charge in [0.2, 0.25) is 0 Å². The minimum absolute atomic E-state index is 0.0829. The van der Waals surface area contributed by atoms with Gasteiger partial charge in [0.05, 0.1) is 18.7 Å². The summed E-state index contributed by atoms with van der Waals surface area (Å²) in [6.07, 6.45) is 3.26. The Morgan fingerprint density at radius 2 is 1.72 bits per heavy atom. The van der Waals surface area contributed by atoms with Crippen molar-refractivity contribution >= 4 is 17.4 Å². The largest absolute Gasteiger partial charge is 0.507 e. The van der Waals surface area contributed by atoms with Crippen molar-refractivity contribution in [3.63, 3.8) is 0 Å². The fraction of sp³-hybridized carbons (Fsp3) is 0.300. The number of benzene rings is 2. The standard InChI is InChI=1S/C30H32N2O4/c1-17(2)23-15-24(20(5)14-25(23)36-6)28(33)26-27(21-9-11-31-12-10-21)32(30(35)29(26)34)16-22-13-18(3)7-8-19(22)4/h7-15,17,27,33H,16H2,1-6H3/b28-26+. The highest BCUT2D eigenvalue weighted by Gasteiger charge is 2.46. The molecule has 1 saturated heterocycles. The molecule has 6 nitrogen and oxygen atoms in total. The summed E-state index contributed by atoms with van der Waals surface area (Å²) < 4.78 is 5.55. The number of methoxy groups -OCH3 is 1. The molecule has 1 aliphatic rings. The van der Waals surface area contributed by atoms with Crippen molar-refractivity contribution in [3.8, 4) is 5.75 Å². The number of carbonyl (C=O) groups is 2. The lowest BCUT2D eigenvalue weighted by Crippen LogP contribution is -2.29. The van der Waals surface area contributed by atoms with Crippen LogP contribution in [0, 0.1) is 20.8 Å². The first kappa shape index (κ1) is 25.2. The molecule has 1 fully saturated rings. The number of Topliss-reactive ketones (excluding diaryl/α,β-unsaturated/α-hetero) is 1. The average molecular weight is 485 g/mol. The number of aliphatic hydroxyl groups excluding tert-OH is 1. The van der Waals surface area contributed by atoms with E-state index >= 15 is 0 Å². The zero-order chi connectivity index (χ0) is 26.1. The second kappa shape index (κ2) is 9.97. The number of nitrogens with zero attached hydrogens (tertiary/aromatic N) is 2. The first-order valence-corrected chi connectivity index (χ1v) is 12.1. The Kier molecular flexibility index (Phi) is 6.97. The molecule has 1 atom stereocenters. The Morgan fingerprint density at radius 1 is 1.03 bits per heavy atom. The highest BCUT2D eigenvalue weighted by Crippen LogP contribution is 2.42. The molecule has 36 heavy (non-hydrogen) atoms. The molecule has 6 heteroatoms. The molecule has 1 N–H and O–H groups in total. The summed E-state index contributed by atoms with van der Waals surface area (Å²) in [4.78, 5) is 32.5. The Balaban J connectivity index is 1.92. The Hall–Kier alpha value is -3.93. The van der Waals surface area contributed by atoms with Gasteiger partial charge < -0.3 is 14.7 Å². The van der Waals surface area contributed by atoms with Crippen LogP contribution in [0.3, 0.4) is 0 Å². The summed E-state index contributed by atoms with van der Waals surface area (Å²) in [6.45, 7) is 10.2. The second-order valence-corrected chi connectivity index (χ2v) is 9.70. The van der Waals surface area contributed by atoms with E-state index < -0.39 is 17.7 Å². The van der Waals surface area contributed by atoms with Gasteiger partial charge in [0.15, 0.2) is 0 Å². The number of aryl methyl sites for hydroxylation is 3. The van der Waals surface area contributed by atoms with Crippen LogP contribution in [0.5, 0.6) is 5.75 Å². The van der Waals surface area contributed by atoms with Crippen LogP contribution in [0.25, 0.3) is 5.76 Å². The lowest BCUT2D eigenvalue weighted by atomic mass is 9.91. The maximum atomic E-state index is 13.5. The third-order valence-electron chi connectivity index (χ3n) is 6.86. The van der Waals surface area contributed by atoms with Crippen LogP contribution in [0.1, 0.15) is 64.8 Å². The van der Waals surface area contributed by atoms with E-state index in [1.165, 1.54) is 0 Å². The number of hydrogen-bond donors (Lipinski definition) is 1. The average Bonchev–Trinajstić information content (AvgIpc) is 3.10. The van der Waals surface area contributed by atoms with Gasteiger partial charge in [-0.25, -0.2) is 0 Å². The minimum atomic E-state index is -0.739. The highest BCUT2D eigenvalue weighted by molar-refractivity contribution is 6.46. The quantitative estimate of drug-likeness (QED) is 0.273. The van der Waals surface area contributed by atoms with E-state index in [1.54, 1.807) is 36.5 Å². The minimum Gasteiger partial charge on any atom is -0.507 e. The van der Waals surface area contributed by atoms with Crippen molar-refractivity contribution in [3.05, 3.63) is 99.4 Å². The topological polar surface area (TPSA) is 79.7 Å². The van der Waals surface area contributed by atoms with E-state index in [4.69, 9.17) is 4.74 Å². The summed E-state index contributed by atoms with van der Waals surface area (Å²) in [5, 5.41) is 11.6. The molecular formula is C30H32N2O4. The van der Waals surface area contributed by atoms with Gasteiger partial charge in [0, 0.05) is 24.5 Å². The lowest BCUT2D eigenvalue weighted by Gasteiger charge is -2.26. The fourth-order valence-corrected chi connectivity index (χ4v) is 4.82. The number of rotatable bonds is 6. The van der Waals surface area contributed by atoms with Crippen LogP contribution < -0.4 is 4.74 Å². The Morgan fingerprint density at radius 3 is 2.36 bits per heavy atom. The van der Waals surface area contributed by atoms with Gasteiger partial charge in [0.1, 0.15) is 11.5 Å². The molecule has 3 aromatic rings. The molecule has 2 aromatic carbocycles. The van der Waals surface area contributed by atoms with E-state index in [-0.39, 0.29) is 23.8 Å². The molecule has 0 saturated carbocycles. The maximum absolute atomic E-state index is 13.5. The molecule has 1 aromatic heterocycles. The summed E-state index contributed by atoms with van der Waals surface area (Å²) in [5.41, 5.74) is 6.04. The van der Waals surface area contributed by atoms with Crippen LogP contribution in [-0.4, -0.2) is 33.8 Å². The number of likely N-dealkylation sites (tertiary alicyclic amines) is 1. The summed E-state index contributed by atoms with van der Waals surface area (Å²) in [6, 6.07) is 12.6. The van der Waals surface area contributed by atoms with Gasteiger partial charge in [-0.05, 0) is 78.8 Å². The number of hydrogen-bond acceptors (Lipinski definition) is 5. The van der Waals surface area contributed by atoms with Crippen LogP contribution in [0.2, 0.25) is 0 Å². The molecule has 0 spiro atoms. The van der Waals surface area contributed by atoms with Crippen molar-refractivity contribution in [2.45, 2.75) is 53.1 Å². The van der Waals surface area contributed by atoms with Crippen LogP contribution in [-0.2, 0) is 16.1 Å². The number of ether oxygens (including phenoxy) is 1. The normalized spacial score (nSPS) is 17.2. The molecular weight excluding hydrogens is 452 g/mol. The third-order valence-corrected chi connectivity index (χ3v) is 6.86. The Bertz CT molecular complexity index is 1360. The number of ketones is 1. The van der Waals surface area contributed by atoms with E-state index in [9.17, 15) is 14.7 Å². The van der Waals surface area contributed by atoms with Gasteiger partial charge in [-0.15, -0.1) is 0 Å². The van der Waals surface area contributed by atoms with E-state index in [2.05, 4.69) is 4.98 Å². The van der Waals surface area contributed by atoms with E-state index in [0.29, 0.717) is 11.1 Å². The summed E-state index contributed by atoms with van der Waals surface area (Å²) >= 11 is 0. The predicted octanol–water partition coefficient (Wildman–Crippen LogP) is 5.76. The first-order chi connectivity index (χ1) is 17.1. The molecule has 0 aliphatic carbocycles. The fourth-order valence-electron chi connectivity index (χ4n) is 4.82. The maximum Gasteiger partial charge on any atom is 0.295 e. The smallest absolute Gasteiger partial charge is 0.295 e. The predicted molar refractivity (Wildman–Crippen MR) is 140 cm³/mol. The Labute approximate surface area is 212 Å². The number of aromatic nitrogens is 1.